The standard InChI is InChI=1S/C26H31N5O2/c1-26(2,3)33-25(32)30-15-7-8-21(18-30)29(4)24-28-22-9-5-6-10-23(22)31(24)17-20-13-11-19(16-27)12-14-20/h5-6,9-14,21H,7-8,15,17-18H2,1-4H3/t21-/m1/s1. The number of imidazole rings is 1. The second-order valence-corrected chi connectivity index (χ2v) is 9.63. The van der Waals surface area contributed by atoms with Crippen molar-refractivity contribution in [3.63, 3.8) is 0 Å². The lowest BCUT2D eigenvalue weighted by Gasteiger charge is -2.38. The summed E-state index contributed by atoms with van der Waals surface area (Å²) < 4.78 is 7.82. The van der Waals surface area contributed by atoms with E-state index in [1.165, 1.54) is 0 Å². The van der Waals surface area contributed by atoms with Gasteiger partial charge in [0.15, 0.2) is 0 Å². The molecule has 1 aromatic heterocycles. The van der Waals surface area contributed by atoms with Gasteiger partial charge in [-0.2, -0.15) is 5.26 Å². The highest BCUT2D eigenvalue weighted by Gasteiger charge is 2.31. The molecule has 33 heavy (non-hydrogen) atoms. The second-order valence-electron chi connectivity index (χ2n) is 9.63. The Kier molecular flexibility index (Phi) is 6.28. The predicted molar refractivity (Wildman–Crippen MR) is 129 cm³/mol. The Labute approximate surface area is 195 Å². The van der Waals surface area contributed by atoms with E-state index in [2.05, 4.69) is 28.7 Å². The number of piperidine rings is 1. The Balaban J connectivity index is 1.61. The Bertz CT molecular complexity index is 1170. The minimum atomic E-state index is -0.509. The number of ether oxygens (including phenoxy) is 1. The smallest absolute Gasteiger partial charge is 0.410 e. The van der Waals surface area contributed by atoms with Crippen LogP contribution in [0.5, 0.6) is 0 Å². The lowest BCUT2D eigenvalue weighted by atomic mass is 10.1. The molecule has 1 saturated heterocycles. The van der Waals surface area contributed by atoms with Gasteiger partial charge in [-0.15, -0.1) is 0 Å². The fourth-order valence-corrected chi connectivity index (χ4v) is 4.28. The van der Waals surface area contributed by atoms with E-state index in [1.54, 1.807) is 0 Å². The molecule has 0 N–H and O–H groups in total. The van der Waals surface area contributed by atoms with Gasteiger partial charge in [-0.05, 0) is 63.4 Å². The summed E-state index contributed by atoms with van der Waals surface area (Å²) in [6.07, 6.45) is 1.65. The SMILES string of the molecule is CN(c1nc2ccccc2n1Cc1ccc(C#N)cc1)[C@@H]1CCCN(C(=O)OC(C)(C)C)C1. The number of fused-ring (bicyclic) bond motifs is 1. The van der Waals surface area contributed by atoms with E-state index >= 15 is 0 Å². The quantitative estimate of drug-likeness (QED) is 0.577. The largest absolute Gasteiger partial charge is 0.444 e. The second kappa shape index (κ2) is 9.14. The summed E-state index contributed by atoms with van der Waals surface area (Å²) in [5.41, 5.74) is 3.24. The molecule has 0 bridgehead atoms. The molecular formula is C26H31N5O2. The number of aromatic nitrogens is 2. The normalized spacial score (nSPS) is 16.5. The van der Waals surface area contributed by atoms with Crippen molar-refractivity contribution in [2.75, 3.05) is 25.0 Å². The first-order valence-electron chi connectivity index (χ1n) is 11.4. The van der Waals surface area contributed by atoms with Crippen LogP contribution in [-0.2, 0) is 11.3 Å². The number of hydrogen-bond donors (Lipinski definition) is 0. The van der Waals surface area contributed by atoms with E-state index in [4.69, 9.17) is 15.0 Å². The molecule has 7 heteroatoms. The summed E-state index contributed by atoms with van der Waals surface area (Å²) >= 11 is 0. The maximum Gasteiger partial charge on any atom is 0.410 e. The fraction of sp³-hybridized carbons (Fsp3) is 0.423. The summed E-state index contributed by atoms with van der Waals surface area (Å²) in [5.74, 6) is 0.872. The highest BCUT2D eigenvalue weighted by molar-refractivity contribution is 5.79. The zero-order chi connectivity index (χ0) is 23.6. The van der Waals surface area contributed by atoms with Gasteiger partial charge in [-0.3, -0.25) is 0 Å². The van der Waals surface area contributed by atoms with Crippen LogP contribution < -0.4 is 4.90 Å². The molecule has 0 radical (unpaired) electrons. The number of likely N-dealkylation sites (tertiary alicyclic amines) is 1. The molecule has 7 nitrogen and oxygen atoms in total. The van der Waals surface area contributed by atoms with E-state index in [0.29, 0.717) is 25.2 Å². The van der Waals surface area contributed by atoms with Crippen molar-refractivity contribution in [3.8, 4) is 6.07 Å². The van der Waals surface area contributed by atoms with Crippen molar-refractivity contribution in [1.82, 2.24) is 14.5 Å². The van der Waals surface area contributed by atoms with E-state index in [0.717, 1.165) is 35.4 Å². The molecule has 172 valence electrons. The van der Waals surface area contributed by atoms with E-state index in [1.807, 2.05) is 68.1 Å². The summed E-state index contributed by atoms with van der Waals surface area (Å²) in [5, 5.41) is 9.10. The molecule has 1 fully saturated rings. The third-order valence-electron chi connectivity index (χ3n) is 5.97. The van der Waals surface area contributed by atoms with Crippen LogP contribution in [0.1, 0.15) is 44.7 Å². The lowest BCUT2D eigenvalue weighted by molar-refractivity contribution is 0.0199. The topological polar surface area (TPSA) is 74.4 Å². The molecule has 3 aromatic rings. The molecule has 0 aliphatic carbocycles. The molecule has 0 spiro atoms. The zero-order valence-electron chi connectivity index (χ0n) is 19.8. The average Bonchev–Trinajstić information content (AvgIpc) is 3.16. The highest BCUT2D eigenvalue weighted by Crippen LogP contribution is 2.27. The van der Waals surface area contributed by atoms with Crippen molar-refractivity contribution >= 4 is 23.1 Å². The van der Waals surface area contributed by atoms with Gasteiger partial charge in [0.25, 0.3) is 0 Å². The number of benzene rings is 2. The molecule has 0 unspecified atom stereocenters. The minimum absolute atomic E-state index is 0.141. The third kappa shape index (κ3) is 5.11. The van der Waals surface area contributed by atoms with Crippen LogP contribution in [0.4, 0.5) is 10.7 Å². The molecule has 2 aromatic carbocycles. The van der Waals surface area contributed by atoms with Crippen molar-refractivity contribution in [2.24, 2.45) is 0 Å². The Morgan fingerprint density at radius 1 is 1.21 bits per heavy atom. The van der Waals surface area contributed by atoms with Gasteiger partial charge in [0.05, 0.1) is 29.2 Å². The maximum atomic E-state index is 12.7. The average molecular weight is 446 g/mol. The number of carbonyl (C=O) groups excluding carboxylic acids is 1. The minimum Gasteiger partial charge on any atom is -0.444 e. The number of nitrogens with zero attached hydrogens (tertiary/aromatic N) is 5. The summed E-state index contributed by atoms with van der Waals surface area (Å²) in [6.45, 7) is 7.64. The van der Waals surface area contributed by atoms with Crippen LogP contribution in [-0.4, -0.2) is 52.3 Å². The van der Waals surface area contributed by atoms with Crippen LogP contribution >= 0.6 is 0 Å². The summed E-state index contributed by atoms with van der Waals surface area (Å²) in [7, 11) is 2.06. The maximum absolute atomic E-state index is 12.7. The molecule has 1 atom stereocenters. The van der Waals surface area contributed by atoms with Crippen LogP contribution in [0.25, 0.3) is 11.0 Å². The van der Waals surface area contributed by atoms with Gasteiger partial charge >= 0.3 is 6.09 Å². The first-order valence-corrected chi connectivity index (χ1v) is 11.4. The number of carbonyl (C=O) groups is 1. The number of para-hydroxylation sites is 2. The van der Waals surface area contributed by atoms with E-state index in [-0.39, 0.29) is 12.1 Å². The zero-order valence-corrected chi connectivity index (χ0v) is 19.8. The first-order chi connectivity index (χ1) is 15.7. The lowest BCUT2D eigenvalue weighted by Crippen LogP contribution is -2.50. The van der Waals surface area contributed by atoms with Gasteiger partial charge in [0.1, 0.15) is 5.60 Å². The van der Waals surface area contributed by atoms with Gasteiger partial charge in [0.2, 0.25) is 5.95 Å². The predicted octanol–water partition coefficient (Wildman–Crippen LogP) is 4.79. The molecular weight excluding hydrogens is 414 g/mol. The monoisotopic (exact) mass is 445 g/mol. The van der Waals surface area contributed by atoms with E-state index < -0.39 is 5.60 Å². The van der Waals surface area contributed by atoms with Crippen LogP contribution in [0.2, 0.25) is 0 Å². The van der Waals surface area contributed by atoms with Gasteiger partial charge in [0, 0.05) is 26.2 Å². The van der Waals surface area contributed by atoms with Crippen molar-refractivity contribution in [1.29, 1.82) is 5.26 Å². The Morgan fingerprint density at radius 3 is 2.64 bits per heavy atom. The van der Waals surface area contributed by atoms with Crippen LogP contribution in [0, 0.1) is 11.3 Å². The number of anilines is 1. The molecule has 1 aliphatic heterocycles. The molecule has 1 amide bonds. The van der Waals surface area contributed by atoms with Crippen molar-refractivity contribution < 1.29 is 9.53 Å². The van der Waals surface area contributed by atoms with Gasteiger partial charge in [-0.25, -0.2) is 9.78 Å². The third-order valence-corrected chi connectivity index (χ3v) is 5.97. The van der Waals surface area contributed by atoms with Crippen molar-refractivity contribution in [3.05, 3.63) is 59.7 Å². The molecule has 2 heterocycles. The highest BCUT2D eigenvalue weighted by atomic mass is 16.6. The summed E-state index contributed by atoms with van der Waals surface area (Å²) in [6, 6.07) is 18.1. The van der Waals surface area contributed by atoms with Crippen LogP contribution in [0.15, 0.2) is 48.5 Å². The number of nitriles is 1. The number of amides is 1. The Morgan fingerprint density at radius 2 is 1.94 bits per heavy atom. The number of rotatable bonds is 4. The van der Waals surface area contributed by atoms with Crippen molar-refractivity contribution in [2.45, 2.75) is 51.8 Å². The van der Waals surface area contributed by atoms with Crippen LogP contribution in [0.3, 0.4) is 0 Å². The molecule has 0 saturated carbocycles. The molecule has 1 aliphatic rings. The molecule has 4 rings (SSSR count). The van der Waals surface area contributed by atoms with E-state index in [9.17, 15) is 4.79 Å². The first kappa shape index (κ1) is 22.7. The number of hydrogen-bond acceptors (Lipinski definition) is 5. The fourth-order valence-electron chi connectivity index (χ4n) is 4.28. The summed E-state index contributed by atoms with van der Waals surface area (Å²) in [4.78, 5) is 21.6. The van der Waals surface area contributed by atoms with Gasteiger partial charge < -0.3 is 19.1 Å². The van der Waals surface area contributed by atoms with Gasteiger partial charge in [-0.1, -0.05) is 24.3 Å². The number of likely N-dealkylation sites (N-methyl/N-ethyl adjacent to an activating group) is 1. The Hall–Kier alpha value is -3.53.